The summed E-state index contributed by atoms with van der Waals surface area (Å²) in [6.07, 6.45) is 5.31. The molecule has 0 amide bonds. The van der Waals surface area contributed by atoms with Crippen molar-refractivity contribution < 1.29 is 18.6 Å². The number of ether oxygens (including phenoxy) is 2. The van der Waals surface area contributed by atoms with E-state index in [1.807, 2.05) is 36.7 Å². The molecule has 2 heterocycles. The largest absolute Gasteiger partial charge is 0.446 e. The van der Waals surface area contributed by atoms with E-state index in [0.29, 0.717) is 0 Å². The van der Waals surface area contributed by atoms with E-state index in [1.54, 1.807) is 9.15 Å². The molecular formula is C22H28N2O2. The van der Waals surface area contributed by atoms with Crippen molar-refractivity contribution >= 4 is 13.4 Å². The Bertz CT molecular complexity index is 754. The van der Waals surface area contributed by atoms with E-state index in [1.165, 1.54) is 0 Å². The first kappa shape index (κ1) is 18.2. The van der Waals surface area contributed by atoms with E-state index in [0.717, 1.165) is 35.1 Å². The maximum Gasteiger partial charge on any atom is 0.304 e. The molecule has 138 valence electrons. The molecule has 0 aliphatic carbocycles. The standard InChI is InChI=1S/C22H28N2O2/c1-21(2,3)17-13-23(7)19(25-17)15-10-9-11-16(12-15)20-24(8)14-18(26-20)22(4,5)6/h9-14H,7-8H2,1-6H3. The second kappa shape index (κ2) is 5.97. The molecule has 0 saturated carbocycles. The Morgan fingerprint density at radius 1 is 0.769 bits per heavy atom. The van der Waals surface area contributed by atoms with Crippen LogP contribution in [0, 0.1) is 23.3 Å². The van der Waals surface area contributed by atoms with Crippen molar-refractivity contribution in [1.82, 2.24) is 0 Å². The average Bonchev–Trinajstić information content (AvgIpc) is 3.10. The van der Waals surface area contributed by atoms with Crippen molar-refractivity contribution in [1.29, 1.82) is 0 Å². The van der Waals surface area contributed by atoms with Crippen LogP contribution in [-0.2, 0) is 9.47 Å². The van der Waals surface area contributed by atoms with Gasteiger partial charge in [0, 0.05) is 10.8 Å². The Hall–Kier alpha value is -2.62. The first-order chi connectivity index (χ1) is 12.0. The van der Waals surface area contributed by atoms with Gasteiger partial charge in [-0.1, -0.05) is 41.5 Å². The molecule has 1 aromatic rings. The molecule has 2 aliphatic rings. The lowest BCUT2D eigenvalue weighted by Gasteiger charge is -2.22. The van der Waals surface area contributed by atoms with E-state index < -0.39 is 0 Å². The third-order valence-corrected chi connectivity index (χ3v) is 4.32. The minimum absolute atomic E-state index is 0.0751. The zero-order chi connectivity index (χ0) is 19.3. The van der Waals surface area contributed by atoms with Crippen molar-refractivity contribution in [2.75, 3.05) is 0 Å². The maximum absolute atomic E-state index is 6.09. The summed E-state index contributed by atoms with van der Waals surface area (Å²) in [5.74, 6) is 1.79. The summed E-state index contributed by atoms with van der Waals surface area (Å²) in [4.78, 5) is 0. The van der Waals surface area contributed by atoms with E-state index in [-0.39, 0.29) is 10.8 Å². The second-order valence-corrected chi connectivity index (χ2v) is 8.82. The summed E-state index contributed by atoms with van der Waals surface area (Å²) in [6, 6.07) is 8.05. The number of rotatable bonds is 2. The van der Waals surface area contributed by atoms with Gasteiger partial charge in [0.1, 0.15) is 11.5 Å². The highest BCUT2D eigenvalue weighted by Gasteiger charge is 2.35. The molecule has 0 atom stereocenters. The monoisotopic (exact) mass is 352 g/mol. The van der Waals surface area contributed by atoms with Gasteiger partial charge in [-0.3, -0.25) is 0 Å². The molecule has 0 bridgehead atoms. The zero-order valence-electron chi connectivity index (χ0n) is 16.6. The van der Waals surface area contributed by atoms with Crippen LogP contribution in [0.5, 0.6) is 0 Å². The fourth-order valence-corrected chi connectivity index (χ4v) is 2.71. The normalized spacial score (nSPS) is 17.9. The molecule has 0 aromatic heterocycles. The van der Waals surface area contributed by atoms with Gasteiger partial charge in [0.2, 0.25) is 0 Å². The van der Waals surface area contributed by atoms with Crippen molar-refractivity contribution in [3.8, 4) is 0 Å². The minimum Gasteiger partial charge on any atom is -0.446 e. The molecule has 0 spiro atoms. The van der Waals surface area contributed by atoms with E-state index in [9.17, 15) is 0 Å². The van der Waals surface area contributed by atoms with Crippen LogP contribution in [0.25, 0.3) is 0 Å². The molecular weight excluding hydrogens is 324 g/mol. The van der Waals surface area contributed by atoms with Crippen LogP contribution < -0.4 is 0 Å². The molecule has 0 unspecified atom stereocenters. The average molecular weight is 352 g/mol. The van der Waals surface area contributed by atoms with Gasteiger partial charge in [-0.05, 0) is 11.1 Å². The number of benzene rings is 1. The predicted molar refractivity (Wildman–Crippen MR) is 103 cm³/mol. The molecule has 0 radical (unpaired) electrons. The zero-order valence-corrected chi connectivity index (χ0v) is 16.6. The minimum atomic E-state index is -0.0751. The molecule has 3 rings (SSSR count). The van der Waals surface area contributed by atoms with Crippen molar-refractivity contribution in [3.05, 3.63) is 71.8 Å². The van der Waals surface area contributed by atoms with Gasteiger partial charge >= 0.3 is 12.5 Å². The topological polar surface area (TPSA) is 24.5 Å². The van der Waals surface area contributed by atoms with Crippen LogP contribution in [0.2, 0.25) is 0 Å². The molecule has 0 fully saturated rings. The highest BCUT2D eigenvalue weighted by atomic mass is 16.5. The predicted octanol–water partition coefficient (Wildman–Crippen LogP) is 4.62. The summed E-state index contributed by atoms with van der Waals surface area (Å²) >= 11 is 0. The summed E-state index contributed by atoms with van der Waals surface area (Å²) in [6.45, 7) is 20.9. The van der Waals surface area contributed by atoms with Gasteiger partial charge < -0.3 is 9.47 Å². The lowest BCUT2D eigenvalue weighted by molar-refractivity contribution is -0.448. The highest BCUT2D eigenvalue weighted by Crippen LogP contribution is 2.39. The van der Waals surface area contributed by atoms with E-state index >= 15 is 0 Å². The quantitative estimate of drug-likeness (QED) is 0.573. The Balaban J connectivity index is 1.83. The molecule has 1 aromatic carbocycles. The third kappa shape index (κ3) is 3.36. The fourth-order valence-electron chi connectivity index (χ4n) is 2.71. The number of allylic oxidation sites excluding steroid dienone is 2. The van der Waals surface area contributed by atoms with Crippen LogP contribution in [0.1, 0.15) is 52.7 Å². The van der Waals surface area contributed by atoms with Crippen molar-refractivity contribution in [2.24, 2.45) is 10.8 Å². The first-order valence-electron chi connectivity index (χ1n) is 8.81. The SMILES string of the molecule is C=[N+]1C=C(C(C)(C)C)O[C-]1c1cccc([C-]2OC(C(C)(C)C)=C[N+]2=C)c1. The fraction of sp³-hybridized carbons (Fsp3) is 0.364. The lowest BCUT2D eigenvalue weighted by atomic mass is 9.94. The van der Waals surface area contributed by atoms with Gasteiger partial charge in [0.05, 0.1) is 13.4 Å². The Labute approximate surface area is 156 Å². The molecule has 4 heteroatoms. The summed E-state index contributed by atoms with van der Waals surface area (Å²) < 4.78 is 15.7. The Kier molecular flexibility index (Phi) is 4.18. The van der Waals surface area contributed by atoms with Crippen LogP contribution in [0.15, 0.2) is 48.2 Å². The van der Waals surface area contributed by atoms with Gasteiger partial charge in [-0.2, -0.15) is 0 Å². The first-order valence-corrected chi connectivity index (χ1v) is 8.81. The molecule has 2 aliphatic heterocycles. The van der Waals surface area contributed by atoms with Crippen LogP contribution in [0.3, 0.4) is 0 Å². The number of hydrogen-bond acceptors (Lipinski definition) is 2. The number of nitrogens with zero attached hydrogens (tertiary/aromatic N) is 2. The molecule has 0 N–H and O–H groups in total. The van der Waals surface area contributed by atoms with Crippen LogP contribution >= 0.6 is 0 Å². The van der Waals surface area contributed by atoms with Crippen molar-refractivity contribution in [2.45, 2.75) is 41.5 Å². The smallest absolute Gasteiger partial charge is 0.304 e. The highest BCUT2D eigenvalue weighted by molar-refractivity contribution is 5.38. The Morgan fingerprint density at radius 3 is 1.46 bits per heavy atom. The maximum atomic E-state index is 6.09. The summed E-state index contributed by atoms with van der Waals surface area (Å²) in [5, 5.41) is 0. The van der Waals surface area contributed by atoms with Gasteiger partial charge in [0.15, 0.2) is 12.4 Å². The molecule has 4 nitrogen and oxygen atoms in total. The molecule has 0 saturated heterocycles. The van der Waals surface area contributed by atoms with Crippen LogP contribution in [-0.4, -0.2) is 22.6 Å². The van der Waals surface area contributed by atoms with Gasteiger partial charge in [-0.25, -0.2) is 9.15 Å². The Morgan fingerprint density at radius 2 is 1.15 bits per heavy atom. The lowest BCUT2D eigenvalue weighted by Crippen LogP contribution is -2.16. The van der Waals surface area contributed by atoms with E-state index in [4.69, 9.17) is 9.47 Å². The molecule has 26 heavy (non-hydrogen) atoms. The van der Waals surface area contributed by atoms with Gasteiger partial charge in [0.25, 0.3) is 0 Å². The van der Waals surface area contributed by atoms with Gasteiger partial charge in [-0.15, -0.1) is 24.3 Å². The van der Waals surface area contributed by atoms with E-state index in [2.05, 4.69) is 55.0 Å². The van der Waals surface area contributed by atoms with Crippen LogP contribution in [0.4, 0.5) is 0 Å². The second-order valence-electron chi connectivity index (χ2n) is 8.82. The third-order valence-electron chi connectivity index (χ3n) is 4.32. The number of hydrogen-bond donors (Lipinski definition) is 0. The summed E-state index contributed by atoms with van der Waals surface area (Å²) in [7, 11) is 0. The summed E-state index contributed by atoms with van der Waals surface area (Å²) in [5.41, 5.74) is 1.74. The van der Waals surface area contributed by atoms with Crippen molar-refractivity contribution in [3.63, 3.8) is 0 Å².